The summed E-state index contributed by atoms with van der Waals surface area (Å²) in [5.74, 6) is 0.0453. The van der Waals surface area contributed by atoms with Crippen LogP contribution in [-0.4, -0.2) is 29.2 Å². The van der Waals surface area contributed by atoms with E-state index in [-0.39, 0.29) is 5.91 Å². The van der Waals surface area contributed by atoms with Crippen LogP contribution < -0.4 is 10.6 Å². The number of nitrogens with zero attached hydrogens (tertiary/aromatic N) is 1. The number of carbonyl (C=O) groups excluding carboxylic acids is 1. The van der Waals surface area contributed by atoms with Gasteiger partial charge in [-0.2, -0.15) is 0 Å². The predicted octanol–water partition coefficient (Wildman–Crippen LogP) is 3.10. The van der Waals surface area contributed by atoms with Crippen LogP contribution >= 0.6 is 23.1 Å². The number of nitrogens with one attached hydrogen (secondary N) is 2. The Labute approximate surface area is 126 Å². The van der Waals surface area contributed by atoms with E-state index in [2.05, 4.69) is 15.6 Å². The first kappa shape index (κ1) is 13.9. The molecule has 1 saturated heterocycles. The normalized spacial score (nSPS) is 22.3. The number of anilines is 1. The van der Waals surface area contributed by atoms with Crippen molar-refractivity contribution >= 4 is 44.9 Å². The minimum Gasteiger partial charge on any atom is -0.324 e. The third-order valence-corrected chi connectivity index (χ3v) is 5.67. The lowest BCUT2D eigenvalue weighted by Gasteiger charge is -2.23. The van der Waals surface area contributed by atoms with Crippen molar-refractivity contribution in [2.24, 2.45) is 0 Å². The second kappa shape index (κ2) is 5.35. The van der Waals surface area contributed by atoms with Gasteiger partial charge in [-0.3, -0.25) is 4.79 Å². The van der Waals surface area contributed by atoms with E-state index in [9.17, 15) is 4.79 Å². The minimum absolute atomic E-state index is 0.0453. The molecule has 4 nitrogen and oxygen atoms in total. The lowest BCUT2D eigenvalue weighted by molar-refractivity contribution is -0.121. The van der Waals surface area contributed by atoms with Crippen molar-refractivity contribution in [3.8, 4) is 0 Å². The van der Waals surface area contributed by atoms with E-state index >= 15 is 0 Å². The van der Waals surface area contributed by atoms with E-state index in [0.717, 1.165) is 39.6 Å². The second-order valence-electron chi connectivity index (χ2n) is 5.18. The van der Waals surface area contributed by atoms with Gasteiger partial charge in [0.2, 0.25) is 5.91 Å². The Morgan fingerprint density at radius 1 is 1.55 bits per heavy atom. The van der Waals surface area contributed by atoms with Gasteiger partial charge in [-0.1, -0.05) is 11.8 Å². The number of hydrogen-bond donors (Lipinski definition) is 2. The third-order valence-electron chi connectivity index (χ3n) is 3.67. The summed E-state index contributed by atoms with van der Waals surface area (Å²) in [7, 11) is 0. The maximum Gasteiger partial charge on any atom is 0.244 e. The first-order valence-electron chi connectivity index (χ1n) is 6.62. The maximum atomic E-state index is 12.3. The smallest absolute Gasteiger partial charge is 0.244 e. The van der Waals surface area contributed by atoms with Gasteiger partial charge in [-0.15, -0.1) is 11.3 Å². The molecule has 1 aliphatic rings. The molecule has 1 fully saturated rings. The Kier molecular flexibility index (Phi) is 3.70. The Morgan fingerprint density at radius 2 is 2.40 bits per heavy atom. The van der Waals surface area contributed by atoms with E-state index < -0.39 is 5.54 Å². The minimum atomic E-state index is -0.437. The highest BCUT2D eigenvalue weighted by Gasteiger charge is 2.35. The number of amides is 1. The molecule has 0 saturated carbocycles. The Hall–Kier alpha value is -1.11. The number of hydrogen-bond acceptors (Lipinski definition) is 5. The van der Waals surface area contributed by atoms with Crippen LogP contribution in [0.3, 0.4) is 0 Å². The average Bonchev–Trinajstić information content (AvgIpc) is 3.05. The SMILES string of the molecule is CSc1nc2ccc(NC(=O)C3(C)CCCN3)cc2s1. The van der Waals surface area contributed by atoms with Crippen LogP contribution in [0.4, 0.5) is 5.69 Å². The molecular weight excluding hydrogens is 290 g/mol. The van der Waals surface area contributed by atoms with Crippen molar-refractivity contribution in [1.29, 1.82) is 0 Å². The largest absolute Gasteiger partial charge is 0.324 e. The van der Waals surface area contributed by atoms with Gasteiger partial charge in [-0.05, 0) is 50.8 Å². The molecular formula is C14H17N3OS2. The molecule has 2 heterocycles. The fraction of sp³-hybridized carbons (Fsp3) is 0.429. The first-order valence-corrected chi connectivity index (χ1v) is 8.66. The zero-order valence-electron chi connectivity index (χ0n) is 11.5. The van der Waals surface area contributed by atoms with Crippen molar-refractivity contribution in [2.75, 3.05) is 18.1 Å². The zero-order chi connectivity index (χ0) is 14.2. The van der Waals surface area contributed by atoms with Crippen molar-refractivity contribution in [3.63, 3.8) is 0 Å². The number of aromatic nitrogens is 1. The number of benzene rings is 1. The summed E-state index contributed by atoms with van der Waals surface area (Å²) in [5.41, 5.74) is 1.39. The lowest BCUT2D eigenvalue weighted by Crippen LogP contribution is -2.47. The molecule has 1 aromatic carbocycles. The molecule has 1 atom stereocenters. The molecule has 2 N–H and O–H groups in total. The number of thiazole rings is 1. The fourth-order valence-electron chi connectivity index (χ4n) is 2.43. The van der Waals surface area contributed by atoms with Gasteiger partial charge >= 0.3 is 0 Å². The summed E-state index contributed by atoms with van der Waals surface area (Å²) >= 11 is 3.30. The summed E-state index contributed by atoms with van der Waals surface area (Å²) in [4.78, 5) is 16.8. The van der Waals surface area contributed by atoms with E-state index in [1.807, 2.05) is 31.4 Å². The van der Waals surface area contributed by atoms with Crippen LogP contribution in [0, 0.1) is 0 Å². The van der Waals surface area contributed by atoms with E-state index in [1.165, 1.54) is 0 Å². The van der Waals surface area contributed by atoms with Gasteiger partial charge < -0.3 is 10.6 Å². The summed E-state index contributed by atoms with van der Waals surface area (Å²) < 4.78 is 2.16. The maximum absolute atomic E-state index is 12.3. The van der Waals surface area contributed by atoms with Crippen molar-refractivity contribution in [2.45, 2.75) is 29.6 Å². The highest BCUT2D eigenvalue weighted by molar-refractivity contribution is 8.00. The average molecular weight is 307 g/mol. The van der Waals surface area contributed by atoms with Crippen molar-refractivity contribution < 1.29 is 4.79 Å². The quantitative estimate of drug-likeness (QED) is 0.856. The van der Waals surface area contributed by atoms with Gasteiger partial charge in [0.05, 0.1) is 15.8 Å². The van der Waals surface area contributed by atoms with Crippen LogP contribution in [-0.2, 0) is 4.79 Å². The lowest BCUT2D eigenvalue weighted by atomic mass is 9.99. The van der Waals surface area contributed by atoms with E-state index in [1.54, 1.807) is 23.1 Å². The number of fused-ring (bicyclic) bond motifs is 1. The Balaban J connectivity index is 1.81. The Bertz CT molecular complexity index is 647. The van der Waals surface area contributed by atoms with E-state index in [0.29, 0.717) is 0 Å². The number of rotatable bonds is 3. The molecule has 20 heavy (non-hydrogen) atoms. The van der Waals surface area contributed by atoms with Gasteiger partial charge in [0.1, 0.15) is 0 Å². The molecule has 1 unspecified atom stereocenters. The molecule has 0 radical (unpaired) electrons. The molecule has 1 aromatic heterocycles. The molecule has 0 aliphatic carbocycles. The van der Waals surface area contributed by atoms with Crippen LogP contribution in [0.1, 0.15) is 19.8 Å². The fourth-order valence-corrected chi connectivity index (χ4v) is 3.95. The van der Waals surface area contributed by atoms with Crippen LogP contribution in [0.5, 0.6) is 0 Å². The monoisotopic (exact) mass is 307 g/mol. The summed E-state index contributed by atoms with van der Waals surface area (Å²) in [6.45, 7) is 2.88. The number of carbonyl (C=O) groups is 1. The molecule has 1 amide bonds. The molecule has 1 aliphatic heterocycles. The van der Waals surface area contributed by atoms with Crippen LogP contribution in [0.2, 0.25) is 0 Å². The second-order valence-corrected chi connectivity index (χ2v) is 7.27. The van der Waals surface area contributed by atoms with Gasteiger partial charge in [0, 0.05) is 5.69 Å². The molecule has 106 valence electrons. The van der Waals surface area contributed by atoms with Gasteiger partial charge in [-0.25, -0.2) is 4.98 Å². The molecule has 0 spiro atoms. The summed E-state index contributed by atoms with van der Waals surface area (Å²) in [5, 5.41) is 6.29. The topological polar surface area (TPSA) is 54.0 Å². The van der Waals surface area contributed by atoms with E-state index in [4.69, 9.17) is 0 Å². The predicted molar refractivity (Wildman–Crippen MR) is 85.7 cm³/mol. The molecule has 6 heteroatoms. The standard InChI is InChI=1S/C14H17N3OS2/c1-14(6-3-7-15-14)12(18)16-9-4-5-10-11(8-9)20-13(17-10)19-2/h4-5,8,15H,3,6-7H2,1-2H3,(H,16,18). The van der Waals surface area contributed by atoms with Crippen LogP contribution in [0.25, 0.3) is 10.2 Å². The van der Waals surface area contributed by atoms with Crippen molar-refractivity contribution in [1.82, 2.24) is 10.3 Å². The molecule has 0 bridgehead atoms. The highest BCUT2D eigenvalue weighted by Crippen LogP contribution is 2.30. The van der Waals surface area contributed by atoms with Gasteiger partial charge in [0.25, 0.3) is 0 Å². The van der Waals surface area contributed by atoms with Gasteiger partial charge in [0.15, 0.2) is 4.34 Å². The third kappa shape index (κ3) is 2.55. The summed E-state index contributed by atoms with van der Waals surface area (Å²) in [6.07, 6.45) is 3.96. The van der Waals surface area contributed by atoms with Crippen LogP contribution in [0.15, 0.2) is 22.5 Å². The first-order chi connectivity index (χ1) is 9.60. The Morgan fingerprint density at radius 3 is 3.10 bits per heavy atom. The summed E-state index contributed by atoms with van der Waals surface area (Å²) in [6, 6.07) is 5.89. The highest BCUT2D eigenvalue weighted by atomic mass is 32.2. The van der Waals surface area contributed by atoms with Crippen molar-refractivity contribution in [3.05, 3.63) is 18.2 Å². The zero-order valence-corrected chi connectivity index (χ0v) is 13.2. The molecule has 2 aromatic rings. The number of thioether (sulfide) groups is 1. The molecule has 3 rings (SSSR count).